The number of rotatable bonds is 6. The lowest BCUT2D eigenvalue weighted by Gasteiger charge is -2.12. The molecule has 1 aliphatic rings. The number of aryl methyl sites for hydroxylation is 2. The third-order valence-electron chi connectivity index (χ3n) is 4.48. The fourth-order valence-electron chi connectivity index (χ4n) is 2.71. The van der Waals surface area contributed by atoms with E-state index in [1.165, 1.54) is 18.4 Å². The van der Waals surface area contributed by atoms with Gasteiger partial charge in [0.2, 0.25) is 15.0 Å². The minimum absolute atomic E-state index is 0.0938. The highest BCUT2D eigenvalue weighted by atomic mass is 32.2. The van der Waals surface area contributed by atoms with E-state index in [1.54, 1.807) is 16.6 Å². The van der Waals surface area contributed by atoms with Crippen LogP contribution >= 0.6 is 11.3 Å². The normalized spacial score (nSPS) is 14.9. The van der Waals surface area contributed by atoms with Gasteiger partial charge in [-0.3, -0.25) is 0 Å². The zero-order valence-electron chi connectivity index (χ0n) is 14.7. The van der Waals surface area contributed by atoms with Crippen LogP contribution in [0, 0.1) is 13.8 Å². The van der Waals surface area contributed by atoms with Crippen LogP contribution in [0.25, 0.3) is 4.96 Å². The Balaban J connectivity index is 1.58. The van der Waals surface area contributed by atoms with Crippen molar-refractivity contribution in [2.24, 2.45) is 0 Å². The molecule has 0 bridgehead atoms. The number of benzene rings is 1. The van der Waals surface area contributed by atoms with Crippen molar-refractivity contribution in [2.45, 2.75) is 44.0 Å². The molecule has 0 unspecified atom stereocenters. The van der Waals surface area contributed by atoms with E-state index >= 15 is 0 Å². The van der Waals surface area contributed by atoms with Gasteiger partial charge in [0.25, 0.3) is 0 Å². The second-order valence-corrected chi connectivity index (χ2v) is 9.21. The van der Waals surface area contributed by atoms with E-state index in [-0.39, 0.29) is 11.4 Å². The molecule has 3 aromatic rings. The third kappa shape index (κ3) is 3.08. The first-order valence-corrected chi connectivity index (χ1v) is 10.5. The Hall–Kier alpha value is -2.04. The number of methoxy groups -OCH3 is 1. The van der Waals surface area contributed by atoms with Gasteiger partial charge in [0.1, 0.15) is 15.7 Å². The monoisotopic (exact) mass is 393 g/mol. The SMILES string of the molecule is COc1cc(C)c(C)cc1S(=O)(=O)NCc1nn2c(C3CC3)nnc2s1. The van der Waals surface area contributed by atoms with E-state index in [0.29, 0.717) is 21.6 Å². The number of fused-ring (bicyclic) bond motifs is 1. The molecule has 4 rings (SSSR count). The van der Waals surface area contributed by atoms with Gasteiger partial charge < -0.3 is 4.74 Å². The average Bonchev–Trinajstić information content (AvgIpc) is 3.24. The summed E-state index contributed by atoms with van der Waals surface area (Å²) in [6.07, 6.45) is 2.21. The van der Waals surface area contributed by atoms with Crippen molar-refractivity contribution in [2.75, 3.05) is 7.11 Å². The van der Waals surface area contributed by atoms with Crippen LogP contribution in [0.3, 0.4) is 0 Å². The second-order valence-electron chi connectivity index (χ2n) is 6.43. The predicted octanol–water partition coefficient (Wildman–Crippen LogP) is 2.17. The van der Waals surface area contributed by atoms with E-state index in [2.05, 4.69) is 20.0 Å². The summed E-state index contributed by atoms with van der Waals surface area (Å²) in [7, 11) is -2.27. The van der Waals surface area contributed by atoms with Crippen LogP contribution in [-0.2, 0) is 16.6 Å². The highest BCUT2D eigenvalue weighted by Gasteiger charge is 2.30. The van der Waals surface area contributed by atoms with Crippen LogP contribution in [-0.4, -0.2) is 35.3 Å². The summed E-state index contributed by atoms with van der Waals surface area (Å²) >= 11 is 1.33. The molecule has 1 saturated carbocycles. The van der Waals surface area contributed by atoms with Crippen LogP contribution < -0.4 is 9.46 Å². The Kier molecular flexibility index (Phi) is 4.20. The maximum absolute atomic E-state index is 12.7. The maximum atomic E-state index is 12.7. The summed E-state index contributed by atoms with van der Waals surface area (Å²) in [5.41, 5.74) is 1.86. The zero-order valence-corrected chi connectivity index (χ0v) is 16.3. The van der Waals surface area contributed by atoms with Crippen LogP contribution in [0.5, 0.6) is 5.75 Å². The quantitative estimate of drug-likeness (QED) is 0.689. The lowest BCUT2D eigenvalue weighted by molar-refractivity contribution is 0.401. The molecule has 1 aliphatic carbocycles. The van der Waals surface area contributed by atoms with Crippen molar-refractivity contribution < 1.29 is 13.2 Å². The summed E-state index contributed by atoms with van der Waals surface area (Å²) in [6, 6.07) is 3.36. The highest BCUT2D eigenvalue weighted by molar-refractivity contribution is 7.89. The van der Waals surface area contributed by atoms with Crippen LogP contribution in [0.2, 0.25) is 0 Å². The molecule has 0 aliphatic heterocycles. The first kappa shape index (κ1) is 17.4. The second kappa shape index (κ2) is 6.29. The number of nitrogens with one attached hydrogen (secondary N) is 1. The maximum Gasteiger partial charge on any atom is 0.244 e. The number of sulfonamides is 1. The average molecular weight is 393 g/mol. The Morgan fingerprint density at radius 1 is 1.27 bits per heavy atom. The largest absolute Gasteiger partial charge is 0.495 e. The Bertz CT molecular complexity index is 1080. The van der Waals surface area contributed by atoms with Crippen molar-refractivity contribution in [3.63, 3.8) is 0 Å². The van der Waals surface area contributed by atoms with Crippen molar-refractivity contribution in [3.05, 3.63) is 34.1 Å². The summed E-state index contributed by atoms with van der Waals surface area (Å²) in [5, 5.41) is 13.4. The van der Waals surface area contributed by atoms with Gasteiger partial charge in [-0.2, -0.15) is 9.61 Å². The van der Waals surface area contributed by atoms with E-state index < -0.39 is 10.0 Å². The van der Waals surface area contributed by atoms with Gasteiger partial charge in [-0.25, -0.2) is 13.1 Å². The summed E-state index contributed by atoms with van der Waals surface area (Å²) in [6.45, 7) is 3.88. The summed E-state index contributed by atoms with van der Waals surface area (Å²) in [5.74, 6) is 1.62. The fourth-order valence-corrected chi connectivity index (χ4v) is 4.80. The van der Waals surface area contributed by atoms with Gasteiger partial charge in [-0.15, -0.1) is 10.2 Å². The molecule has 0 saturated heterocycles. The minimum atomic E-state index is -3.73. The van der Waals surface area contributed by atoms with E-state index in [9.17, 15) is 8.42 Å². The molecule has 2 heterocycles. The first-order valence-electron chi connectivity index (χ1n) is 8.25. The Morgan fingerprint density at radius 3 is 2.69 bits per heavy atom. The van der Waals surface area contributed by atoms with E-state index in [0.717, 1.165) is 29.8 Å². The highest BCUT2D eigenvalue weighted by Crippen LogP contribution is 2.39. The summed E-state index contributed by atoms with van der Waals surface area (Å²) < 4.78 is 35.1. The molecule has 1 fully saturated rings. The molecule has 0 amide bonds. The van der Waals surface area contributed by atoms with E-state index in [1.807, 2.05) is 13.8 Å². The van der Waals surface area contributed by atoms with Gasteiger partial charge in [0.05, 0.1) is 13.7 Å². The molecule has 0 atom stereocenters. The van der Waals surface area contributed by atoms with Crippen molar-refractivity contribution in [3.8, 4) is 5.75 Å². The molecule has 1 aromatic carbocycles. The third-order valence-corrected chi connectivity index (χ3v) is 6.80. The number of hydrogen-bond donors (Lipinski definition) is 1. The minimum Gasteiger partial charge on any atom is -0.495 e. The van der Waals surface area contributed by atoms with Gasteiger partial charge in [-0.05, 0) is 49.9 Å². The molecule has 0 radical (unpaired) electrons. The first-order chi connectivity index (χ1) is 12.4. The predicted molar refractivity (Wildman–Crippen MR) is 97.1 cm³/mol. The van der Waals surface area contributed by atoms with Crippen LogP contribution in [0.1, 0.15) is 40.7 Å². The molecule has 138 valence electrons. The summed E-state index contributed by atoms with van der Waals surface area (Å²) in [4.78, 5) is 0.814. The molecule has 2 aromatic heterocycles. The molecular weight excluding hydrogens is 374 g/mol. The molecular formula is C16H19N5O3S2. The van der Waals surface area contributed by atoms with Crippen LogP contribution in [0.4, 0.5) is 0 Å². The lowest BCUT2D eigenvalue weighted by atomic mass is 10.1. The van der Waals surface area contributed by atoms with Crippen molar-refractivity contribution in [1.82, 2.24) is 24.5 Å². The molecule has 0 spiro atoms. The standard InChI is InChI=1S/C16H19N5O3S2/c1-9-6-12(24-3)13(7-10(9)2)26(22,23)17-8-14-20-21-15(11-4-5-11)18-19-16(21)25-14/h6-7,11,17H,4-5,8H2,1-3H3. The molecule has 8 nitrogen and oxygen atoms in total. The molecule has 1 N–H and O–H groups in total. The van der Waals surface area contributed by atoms with E-state index in [4.69, 9.17) is 4.74 Å². The Labute approximate surface area is 155 Å². The molecule has 26 heavy (non-hydrogen) atoms. The van der Waals surface area contributed by atoms with Gasteiger partial charge in [0.15, 0.2) is 5.82 Å². The Morgan fingerprint density at radius 2 is 2.00 bits per heavy atom. The van der Waals surface area contributed by atoms with Gasteiger partial charge in [0, 0.05) is 5.92 Å². The van der Waals surface area contributed by atoms with Gasteiger partial charge in [-0.1, -0.05) is 11.3 Å². The van der Waals surface area contributed by atoms with Gasteiger partial charge >= 0.3 is 0 Å². The number of hydrogen-bond acceptors (Lipinski definition) is 7. The number of nitrogens with zero attached hydrogens (tertiary/aromatic N) is 4. The number of aromatic nitrogens is 4. The molecule has 10 heteroatoms. The topological polar surface area (TPSA) is 98.5 Å². The van der Waals surface area contributed by atoms with Crippen molar-refractivity contribution >= 4 is 26.3 Å². The smallest absolute Gasteiger partial charge is 0.244 e. The lowest BCUT2D eigenvalue weighted by Crippen LogP contribution is -2.24. The fraction of sp³-hybridized carbons (Fsp3) is 0.438. The van der Waals surface area contributed by atoms with Crippen molar-refractivity contribution in [1.29, 1.82) is 0 Å². The van der Waals surface area contributed by atoms with Crippen LogP contribution in [0.15, 0.2) is 17.0 Å². The zero-order chi connectivity index (χ0) is 18.5. The number of ether oxygens (including phenoxy) is 1.